The highest BCUT2D eigenvalue weighted by Crippen LogP contribution is 2.28. The van der Waals surface area contributed by atoms with Crippen LogP contribution in [0.25, 0.3) is 0 Å². The van der Waals surface area contributed by atoms with E-state index in [0.717, 1.165) is 0 Å². The van der Waals surface area contributed by atoms with E-state index in [1.807, 2.05) is 80.6 Å². The molecule has 1 aromatic heterocycles. The molecule has 0 atom stereocenters. The van der Waals surface area contributed by atoms with Crippen molar-refractivity contribution in [2.75, 3.05) is 31.1 Å². The molecule has 1 saturated heterocycles. The van der Waals surface area contributed by atoms with Gasteiger partial charge in [-0.15, -0.1) is 0 Å². The number of carbonyl (C=O) groups is 1. The molecule has 32 heavy (non-hydrogen) atoms. The quantitative estimate of drug-likeness (QED) is 0.415. The van der Waals surface area contributed by atoms with Crippen LogP contribution in [0.2, 0.25) is 0 Å². The summed E-state index contributed by atoms with van der Waals surface area (Å²) in [6, 6.07) is 1.36. The summed E-state index contributed by atoms with van der Waals surface area (Å²) in [6.45, 7) is 7.34. The molecular formula is C17H33B7FN3O4. The standard InChI is InChI=1S/C17H33B7FN3O4/c1-14(2,3)31-13(29)28-6-4-27(5-7-28)12-11(25)8-10(9-26-12)30-15(18,19)16(20,21)32-17(22,23)24/h8-9H,4-7,18-24H2,1-3H3. The maximum atomic E-state index is 14.9. The van der Waals surface area contributed by atoms with Crippen LogP contribution in [0.3, 0.4) is 0 Å². The van der Waals surface area contributed by atoms with Gasteiger partial charge in [0.1, 0.15) is 66.3 Å². The zero-order valence-electron chi connectivity index (χ0n) is 21.3. The fraction of sp³-hybridized carbons (Fsp3) is 0.647. The normalized spacial score (nSPS) is 16.0. The Kier molecular flexibility index (Phi) is 7.75. The van der Waals surface area contributed by atoms with E-state index in [1.54, 1.807) is 4.90 Å². The molecule has 7 nitrogen and oxygen atoms in total. The van der Waals surface area contributed by atoms with Gasteiger partial charge in [0, 0.05) is 37.6 Å². The molecule has 0 aromatic carbocycles. The van der Waals surface area contributed by atoms with Gasteiger partial charge >= 0.3 is 6.09 Å². The SMILES string of the molecule is BC(B)(B)OC(B)(B)C(B)(B)Oc1cnc(N2CCN(C(=O)OC(C)(C)C)CC2)c(F)c1. The van der Waals surface area contributed by atoms with Crippen molar-refractivity contribution in [2.24, 2.45) is 0 Å². The second-order valence-corrected chi connectivity index (χ2v) is 11.3. The number of pyridine rings is 1. The predicted molar refractivity (Wildman–Crippen MR) is 144 cm³/mol. The third-order valence-corrected chi connectivity index (χ3v) is 5.41. The van der Waals surface area contributed by atoms with Crippen molar-refractivity contribution >= 4 is 66.8 Å². The Labute approximate surface area is 197 Å². The maximum absolute atomic E-state index is 14.9. The van der Waals surface area contributed by atoms with Crippen LogP contribution in [-0.4, -0.2) is 119 Å². The highest BCUT2D eigenvalue weighted by Gasteiger charge is 2.42. The molecule has 0 N–H and O–H groups in total. The van der Waals surface area contributed by atoms with Gasteiger partial charge in [-0.25, -0.2) is 14.2 Å². The van der Waals surface area contributed by atoms with Gasteiger partial charge in [0.2, 0.25) is 0 Å². The highest BCUT2D eigenvalue weighted by molar-refractivity contribution is 6.59. The smallest absolute Gasteiger partial charge is 0.410 e. The first kappa shape index (κ1) is 26.6. The first-order valence-electron chi connectivity index (χ1n) is 11.2. The van der Waals surface area contributed by atoms with Gasteiger partial charge in [-0.3, -0.25) is 0 Å². The Bertz CT molecular complexity index is 825. The predicted octanol–water partition coefficient (Wildman–Crippen LogP) is -4.98. The second-order valence-electron chi connectivity index (χ2n) is 11.3. The summed E-state index contributed by atoms with van der Waals surface area (Å²) in [5, 5.41) is -1.70. The zero-order valence-corrected chi connectivity index (χ0v) is 21.3. The lowest BCUT2D eigenvalue weighted by Crippen LogP contribution is -2.65. The molecule has 15 heteroatoms. The number of aromatic nitrogens is 1. The molecule has 1 aliphatic heterocycles. The summed E-state index contributed by atoms with van der Waals surface area (Å²) >= 11 is 0. The molecule has 1 aliphatic rings. The van der Waals surface area contributed by atoms with Gasteiger partial charge in [0.25, 0.3) is 0 Å². The lowest BCUT2D eigenvalue weighted by atomic mass is 9.40. The molecule has 2 rings (SSSR count). The van der Waals surface area contributed by atoms with Crippen LogP contribution in [0.1, 0.15) is 20.8 Å². The number of carbonyl (C=O) groups excluding carboxylic acids is 1. The highest BCUT2D eigenvalue weighted by atomic mass is 19.1. The summed E-state index contributed by atoms with van der Waals surface area (Å²) in [4.78, 5) is 20.0. The third kappa shape index (κ3) is 7.19. The van der Waals surface area contributed by atoms with Crippen molar-refractivity contribution in [2.45, 2.75) is 42.5 Å². The number of hydrogen-bond acceptors (Lipinski definition) is 6. The molecule has 0 aliphatic carbocycles. The molecule has 0 unspecified atom stereocenters. The maximum Gasteiger partial charge on any atom is 0.410 e. The van der Waals surface area contributed by atoms with E-state index >= 15 is 0 Å². The van der Waals surface area contributed by atoms with Crippen LogP contribution >= 0.6 is 0 Å². The van der Waals surface area contributed by atoms with E-state index in [-0.39, 0.29) is 17.2 Å². The second kappa shape index (κ2) is 9.31. The average molecular weight is 438 g/mol. The Morgan fingerprint density at radius 3 is 2.03 bits per heavy atom. The van der Waals surface area contributed by atoms with Gasteiger partial charge in [0.05, 0.1) is 11.6 Å². The fourth-order valence-electron chi connectivity index (χ4n) is 3.43. The first-order chi connectivity index (χ1) is 14.4. The lowest BCUT2D eigenvalue weighted by Gasteiger charge is -2.46. The van der Waals surface area contributed by atoms with Crippen molar-refractivity contribution < 1.29 is 23.4 Å². The molecule has 0 radical (unpaired) electrons. The van der Waals surface area contributed by atoms with E-state index in [2.05, 4.69) is 4.98 Å². The summed E-state index contributed by atoms with van der Waals surface area (Å²) in [5.41, 5.74) is -0.544. The van der Waals surface area contributed by atoms with Crippen molar-refractivity contribution in [3.63, 3.8) is 0 Å². The number of anilines is 1. The Balaban J connectivity index is 2.04. The van der Waals surface area contributed by atoms with Crippen LogP contribution in [0.4, 0.5) is 15.0 Å². The number of ether oxygens (including phenoxy) is 3. The molecule has 1 amide bonds. The summed E-state index contributed by atoms with van der Waals surface area (Å²) in [6.07, 6.45) is 1.18. The number of hydrogen-bond donors (Lipinski definition) is 0. The fourth-order valence-corrected chi connectivity index (χ4v) is 3.43. The number of halogens is 1. The van der Waals surface area contributed by atoms with Gasteiger partial charge in [-0.1, -0.05) is 0 Å². The lowest BCUT2D eigenvalue weighted by molar-refractivity contribution is 0.00219. The Hall–Kier alpha value is -1.64. The van der Waals surface area contributed by atoms with Gasteiger partial charge in [0.15, 0.2) is 11.6 Å². The van der Waals surface area contributed by atoms with E-state index in [1.165, 1.54) is 12.3 Å². The van der Waals surface area contributed by atoms with E-state index in [4.69, 9.17) is 14.2 Å². The molecule has 0 spiro atoms. The molecule has 168 valence electrons. The number of piperazine rings is 1. The van der Waals surface area contributed by atoms with Crippen LogP contribution in [0.15, 0.2) is 12.3 Å². The minimum Gasteiger partial charge on any atom is -0.502 e. The van der Waals surface area contributed by atoms with Crippen LogP contribution < -0.4 is 9.64 Å². The molecule has 2 heterocycles. The largest absolute Gasteiger partial charge is 0.502 e. The van der Waals surface area contributed by atoms with Crippen molar-refractivity contribution in [3.05, 3.63) is 18.1 Å². The minimum atomic E-state index is -0.727. The zero-order chi connectivity index (χ0) is 24.5. The van der Waals surface area contributed by atoms with Crippen molar-refractivity contribution in [1.29, 1.82) is 0 Å². The summed E-state index contributed by atoms with van der Waals surface area (Å²) in [5.74, 6) is 0.136. The monoisotopic (exact) mass is 439 g/mol. The Morgan fingerprint density at radius 1 is 1.00 bits per heavy atom. The van der Waals surface area contributed by atoms with E-state index < -0.39 is 22.2 Å². The minimum absolute atomic E-state index is 0.254. The van der Waals surface area contributed by atoms with E-state index in [0.29, 0.717) is 31.9 Å². The number of amides is 1. The topological polar surface area (TPSA) is 64.1 Å². The first-order valence-corrected chi connectivity index (χ1v) is 11.2. The van der Waals surface area contributed by atoms with E-state index in [9.17, 15) is 9.18 Å². The van der Waals surface area contributed by atoms with Crippen LogP contribution in [0, 0.1) is 5.82 Å². The molecular weight excluding hydrogens is 405 g/mol. The Morgan fingerprint density at radius 2 is 1.56 bits per heavy atom. The summed E-state index contributed by atoms with van der Waals surface area (Å²) < 4.78 is 32.6. The van der Waals surface area contributed by atoms with Gasteiger partial charge < -0.3 is 24.0 Å². The molecule has 1 aromatic rings. The third-order valence-electron chi connectivity index (χ3n) is 5.41. The van der Waals surface area contributed by atoms with Crippen molar-refractivity contribution in [1.82, 2.24) is 9.88 Å². The number of nitrogens with zero attached hydrogens (tertiary/aromatic N) is 3. The molecule has 0 bridgehead atoms. The molecule has 1 fully saturated rings. The molecule has 0 saturated carbocycles. The van der Waals surface area contributed by atoms with Gasteiger partial charge in [-0.05, 0) is 26.1 Å². The van der Waals surface area contributed by atoms with Crippen molar-refractivity contribution in [3.8, 4) is 5.75 Å². The van der Waals surface area contributed by atoms with Crippen LogP contribution in [-0.2, 0) is 9.47 Å². The summed E-state index contributed by atoms with van der Waals surface area (Å²) in [7, 11) is 13.7. The van der Waals surface area contributed by atoms with Gasteiger partial charge in [-0.2, -0.15) is 0 Å². The van der Waals surface area contributed by atoms with Crippen LogP contribution in [0.5, 0.6) is 5.75 Å². The number of rotatable bonds is 6. The average Bonchev–Trinajstić information content (AvgIpc) is 2.58.